The molecule has 1 aromatic carbocycles. The molecule has 138 valence electrons. The maximum Gasteiger partial charge on any atom is 0.410 e. The van der Waals surface area contributed by atoms with Crippen LogP contribution in [0.1, 0.15) is 0 Å². The van der Waals surface area contributed by atoms with Crippen LogP contribution in [-0.4, -0.2) is 68.8 Å². The number of nitrogens with one attached hydrogen (secondary N) is 1. The molecule has 8 nitrogen and oxygen atoms in total. The van der Waals surface area contributed by atoms with Gasteiger partial charge in [0.25, 0.3) is 5.91 Å². The van der Waals surface area contributed by atoms with Gasteiger partial charge in [0.2, 0.25) is 0 Å². The molecule has 1 aliphatic heterocycles. The summed E-state index contributed by atoms with van der Waals surface area (Å²) in [5.74, 6) is 1.34. The Balaban J connectivity index is 1.61. The Hall–Kier alpha value is -3.03. The molecule has 1 aliphatic rings. The first kappa shape index (κ1) is 17.8. The van der Waals surface area contributed by atoms with E-state index in [1.165, 1.54) is 7.05 Å². The molecule has 1 N–H and O–H groups in total. The van der Waals surface area contributed by atoms with E-state index in [9.17, 15) is 9.59 Å². The Bertz CT molecular complexity index is 803. The standard InChI is InChI=1S/C18H22N4O4/c1-19-17(23)12-26-18(24)22-7-5-21(6-8-22)16-10-14-9-15(25-2)4-3-13(14)11-20-16/h3-4,9-11H,5-8,12H2,1-2H3,(H,19,23). The summed E-state index contributed by atoms with van der Waals surface area (Å²) in [6, 6.07) is 7.89. The molecule has 0 aliphatic carbocycles. The molecular weight excluding hydrogens is 336 g/mol. The Labute approximate surface area is 151 Å². The van der Waals surface area contributed by atoms with Gasteiger partial charge in [0.1, 0.15) is 11.6 Å². The van der Waals surface area contributed by atoms with E-state index in [1.807, 2.05) is 30.5 Å². The van der Waals surface area contributed by atoms with Gasteiger partial charge in [0.05, 0.1) is 7.11 Å². The number of anilines is 1. The van der Waals surface area contributed by atoms with Crippen molar-refractivity contribution in [2.75, 3.05) is 51.8 Å². The number of carbonyl (C=O) groups is 2. The number of hydrogen-bond donors (Lipinski definition) is 1. The number of rotatable bonds is 4. The quantitative estimate of drug-likeness (QED) is 0.886. The van der Waals surface area contributed by atoms with Crippen LogP contribution in [0.25, 0.3) is 10.8 Å². The zero-order valence-electron chi connectivity index (χ0n) is 14.9. The fraction of sp³-hybridized carbons (Fsp3) is 0.389. The number of pyridine rings is 1. The Morgan fingerprint density at radius 1 is 1.15 bits per heavy atom. The molecule has 1 aromatic heterocycles. The van der Waals surface area contributed by atoms with Crippen molar-refractivity contribution >= 4 is 28.6 Å². The maximum atomic E-state index is 12.0. The fourth-order valence-corrected chi connectivity index (χ4v) is 2.82. The molecule has 0 bridgehead atoms. The van der Waals surface area contributed by atoms with Crippen molar-refractivity contribution in [3.63, 3.8) is 0 Å². The number of nitrogens with zero attached hydrogens (tertiary/aromatic N) is 3. The lowest BCUT2D eigenvalue weighted by atomic mass is 10.1. The highest BCUT2D eigenvalue weighted by molar-refractivity contribution is 5.85. The van der Waals surface area contributed by atoms with E-state index in [1.54, 1.807) is 12.0 Å². The number of piperazine rings is 1. The number of amides is 2. The molecule has 26 heavy (non-hydrogen) atoms. The molecule has 0 saturated carbocycles. The average Bonchev–Trinajstić information content (AvgIpc) is 2.70. The molecule has 8 heteroatoms. The third-order valence-electron chi connectivity index (χ3n) is 4.38. The lowest BCUT2D eigenvalue weighted by Gasteiger charge is -2.34. The third-order valence-corrected chi connectivity index (χ3v) is 4.38. The number of benzene rings is 1. The van der Waals surface area contributed by atoms with Crippen molar-refractivity contribution in [2.45, 2.75) is 0 Å². The topological polar surface area (TPSA) is 84.0 Å². The summed E-state index contributed by atoms with van der Waals surface area (Å²) in [6.45, 7) is 2.08. The lowest BCUT2D eigenvalue weighted by molar-refractivity contribution is -0.123. The van der Waals surface area contributed by atoms with Crippen molar-refractivity contribution in [1.82, 2.24) is 15.2 Å². The summed E-state index contributed by atoms with van der Waals surface area (Å²) in [5, 5.41) is 4.52. The molecule has 1 fully saturated rings. The fourth-order valence-electron chi connectivity index (χ4n) is 2.82. The van der Waals surface area contributed by atoms with Gasteiger partial charge in [-0.1, -0.05) is 0 Å². The second-order valence-corrected chi connectivity index (χ2v) is 5.96. The van der Waals surface area contributed by atoms with Crippen LogP contribution in [-0.2, 0) is 9.53 Å². The van der Waals surface area contributed by atoms with E-state index in [4.69, 9.17) is 9.47 Å². The van der Waals surface area contributed by atoms with Crippen molar-refractivity contribution in [3.05, 3.63) is 30.5 Å². The largest absolute Gasteiger partial charge is 0.497 e. The normalized spacial score (nSPS) is 14.2. The van der Waals surface area contributed by atoms with Gasteiger partial charge in [-0.25, -0.2) is 9.78 Å². The molecule has 0 unspecified atom stereocenters. The van der Waals surface area contributed by atoms with Crippen LogP contribution in [0.4, 0.5) is 10.6 Å². The van der Waals surface area contributed by atoms with Gasteiger partial charge in [-0.3, -0.25) is 4.79 Å². The summed E-state index contributed by atoms with van der Waals surface area (Å²) in [4.78, 5) is 31.4. The lowest BCUT2D eigenvalue weighted by Crippen LogP contribution is -2.49. The van der Waals surface area contributed by atoms with Gasteiger partial charge < -0.3 is 24.6 Å². The van der Waals surface area contributed by atoms with Crippen LogP contribution in [0.15, 0.2) is 30.5 Å². The Morgan fingerprint density at radius 2 is 1.92 bits per heavy atom. The summed E-state index contributed by atoms with van der Waals surface area (Å²) in [7, 11) is 3.15. The smallest absolute Gasteiger partial charge is 0.410 e. The average molecular weight is 358 g/mol. The summed E-state index contributed by atoms with van der Waals surface area (Å²) in [5.41, 5.74) is 0. The number of fused-ring (bicyclic) bond motifs is 1. The SMILES string of the molecule is CNC(=O)COC(=O)N1CCN(c2cc3cc(OC)ccc3cn2)CC1. The van der Waals surface area contributed by atoms with E-state index < -0.39 is 6.09 Å². The first-order valence-corrected chi connectivity index (χ1v) is 8.41. The van der Waals surface area contributed by atoms with Crippen molar-refractivity contribution in [2.24, 2.45) is 0 Å². The molecule has 3 rings (SSSR count). The van der Waals surface area contributed by atoms with Gasteiger partial charge in [0.15, 0.2) is 6.61 Å². The molecule has 2 amide bonds. The minimum Gasteiger partial charge on any atom is -0.497 e. The second-order valence-electron chi connectivity index (χ2n) is 5.96. The van der Waals surface area contributed by atoms with Gasteiger partial charge in [-0.15, -0.1) is 0 Å². The van der Waals surface area contributed by atoms with E-state index in [0.29, 0.717) is 26.2 Å². The van der Waals surface area contributed by atoms with Gasteiger partial charge in [-0.2, -0.15) is 0 Å². The van der Waals surface area contributed by atoms with Crippen LogP contribution in [0.3, 0.4) is 0 Å². The van der Waals surface area contributed by atoms with Gasteiger partial charge >= 0.3 is 6.09 Å². The van der Waals surface area contributed by atoms with Crippen LogP contribution >= 0.6 is 0 Å². The van der Waals surface area contributed by atoms with Crippen LogP contribution in [0.5, 0.6) is 5.75 Å². The molecule has 2 aromatic rings. The van der Waals surface area contributed by atoms with E-state index >= 15 is 0 Å². The Kier molecular flexibility index (Phi) is 5.40. The Morgan fingerprint density at radius 3 is 2.62 bits per heavy atom. The predicted octanol–water partition coefficient (Wildman–Crippen LogP) is 1.25. The number of methoxy groups -OCH3 is 1. The van der Waals surface area contributed by atoms with Gasteiger partial charge in [-0.05, 0) is 29.7 Å². The van der Waals surface area contributed by atoms with E-state index in [2.05, 4.69) is 15.2 Å². The van der Waals surface area contributed by atoms with E-state index in [-0.39, 0.29) is 12.5 Å². The number of hydrogen-bond acceptors (Lipinski definition) is 6. The first-order valence-electron chi connectivity index (χ1n) is 8.41. The highest BCUT2D eigenvalue weighted by Gasteiger charge is 2.23. The zero-order valence-corrected chi connectivity index (χ0v) is 14.9. The molecule has 0 atom stereocenters. The minimum absolute atomic E-state index is 0.260. The summed E-state index contributed by atoms with van der Waals surface area (Å²) < 4.78 is 10.3. The summed E-state index contributed by atoms with van der Waals surface area (Å²) >= 11 is 0. The maximum absolute atomic E-state index is 12.0. The van der Waals surface area contributed by atoms with Crippen LogP contribution < -0.4 is 15.0 Å². The predicted molar refractivity (Wildman–Crippen MR) is 97.5 cm³/mol. The molecular formula is C18H22N4O4. The monoisotopic (exact) mass is 358 g/mol. The minimum atomic E-state index is -0.468. The molecule has 0 spiro atoms. The molecule has 1 saturated heterocycles. The highest BCUT2D eigenvalue weighted by Crippen LogP contribution is 2.24. The van der Waals surface area contributed by atoms with Gasteiger partial charge in [0, 0.05) is 44.8 Å². The third kappa shape index (κ3) is 3.96. The van der Waals surface area contributed by atoms with Crippen LogP contribution in [0, 0.1) is 0 Å². The van der Waals surface area contributed by atoms with Crippen molar-refractivity contribution < 1.29 is 19.1 Å². The molecule has 0 radical (unpaired) electrons. The first-order chi connectivity index (χ1) is 12.6. The second kappa shape index (κ2) is 7.90. The number of ether oxygens (including phenoxy) is 2. The highest BCUT2D eigenvalue weighted by atomic mass is 16.6. The van der Waals surface area contributed by atoms with Crippen LogP contribution in [0.2, 0.25) is 0 Å². The molecule has 2 heterocycles. The van der Waals surface area contributed by atoms with Crippen molar-refractivity contribution in [1.29, 1.82) is 0 Å². The van der Waals surface area contributed by atoms with Crippen molar-refractivity contribution in [3.8, 4) is 5.75 Å². The summed E-state index contributed by atoms with van der Waals surface area (Å²) in [6.07, 6.45) is 1.37. The van der Waals surface area contributed by atoms with E-state index in [0.717, 1.165) is 22.3 Å². The number of carbonyl (C=O) groups excluding carboxylic acids is 2. The zero-order chi connectivity index (χ0) is 18.5. The number of likely N-dealkylation sites (N-methyl/N-ethyl adjacent to an activating group) is 1. The number of aromatic nitrogens is 1.